The molecule has 0 aromatic rings. The van der Waals surface area contributed by atoms with Crippen LogP contribution < -0.4 is 5.32 Å². The van der Waals surface area contributed by atoms with Crippen LogP contribution in [0, 0.1) is 11.3 Å². The molecule has 0 spiro atoms. The van der Waals surface area contributed by atoms with Crippen molar-refractivity contribution in [3.63, 3.8) is 0 Å². The van der Waals surface area contributed by atoms with Crippen molar-refractivity contribution in [1.29, 1.82) is 5.41 Å². The van der Waals surface area contributed by atoms with E-state index in [1.807, 2.05) is 0 Å². The number of alkyl halides is 3. The van der Waals surface area contributed by atoms with E-state index < -0.39 is 21.6 Å². The number of hydrogen-bond acceptors (Lipinski definition) is 8. The molecule has 0 aliphatic heterocycles. The van der Waals surface area contributed by atoms with Crippen LogP contribution in [-0.2, 0) is 28.6 Å². The molecule has 0 aromatic carbocycles. The minimum absolute atomic E-state index is 0.0242. The Hall–Kier alpha value is -2.24. The Balaban J connectivity index is 5.28. The van der Waals surface area contributed by atoms with Crippen molar-refractivity contribution in [1.82, 2.24) is 5.32 Å². The fourth-order valence-electron chi connectivity index (χ4n) is 1.14. The van der Waals surface area contributed by atoms with Gasteiger partial charge in [-0.2, -0.15) is 21.6 Å². The summed E-state index contributed by atoms with van der Waals surface area (Å²) in [6.07, 6.45) is 1.51. The Labute approximate surface area is 143 Å². The van der Waals surface area contributed by atoms with E-state index in [2.05, 4.69) is 9.50 Å². The maximum Gasteiger partial charge on any atom is 0.534 e. The molecular formula is C13H19F3N2O6S. The summed E-state index contributed by atoms with van der Waals surface area (Å²) < 4.78 is 71.4. The van der Waals surface area contributed by atoms with E-state index in [1.165, 1.54) is 6.92 Å². The highest BCUT2D eigenvalue weighted by Crippen LogP contribution is 2.24. The zero-order valence-corrected chi connectivity index (χ0v) is 14.5. The number of nitrogens with one attached hydrogen (secondary N) is 2. The van der Waals surface area contributed by atoms with Crippen LogP contribution in [0.4, 0.5) is 13.2 Å². The van der Waals surface area contributed by atoms with Crippen LogP contribution in [0.5, 0.6) is 0 Å². The highest BCUT2D eigenvalue weighted by Gasteiger charge is 2.47. The highest BCUT2D eigenvalue weighted by molar-refractivity contribution is 7.87. The smallest absolute Gasteiger partial charge is 0.478 e. The lowest BCUT2D eigenvalue weighted by molar-refractivity contribution is -0.138. The number of rotatable bonds is 10. The number of hydrogen-bond donors (Lipinski definition) is 2. The first-order valence-corrected chi connectivity index (χ1v) is 8.32. The van der Waals surface area contributed by atoms with Crippen LogP contribution >= 0.6 is 0 Å². The Morgan fingerprint density at radius 3 is 2.32 bits per heavy atom. The first kappa shape index (κ1) is 22.8. The zero-order valence-electron chi connectivity index (χ0n) is 13.7. The van der Waals surface area contributed by atoms with Crippen molar-refractivity contribution in [3.8, 4) is 0 Å². The van der Waals surface area contributed by atoms with Gasteiger partial charge in [0.15, 0.2) is 0 Å². The lowest BCUT2D eigenvalue weighted by Gasteiger charge is -2.14. The predicted octanol–water partition coefficient (Wildman–Crippen LogP) is 2.01. The van der Waals surface area contributed by atoms with Gasteiger partial charge in [-0.1, -0.05) is 13.8 Å². The molecule has 0 rings (SSSR count). The summed E-state index contributed by atoms with van der Waals surface area (Å²) in [6.45, 7) is 5.25. The summed E-state index contributed by atoms with van der Waals surface area (Å²) >= 11 is 0. The first-order chi connectivity index (χ1) is 11.5. The number of esters is 1. The summed E-state index contributed by atoms with van der Waals surface area (Å²) in [5.74, 6) is -1.18. The standard InChI is InChI=1S/C13H19F3N2O6S/c1-4-22-12(19)10(7-17)11(23-8-9(2)3)18-5-6-24-25(20,21)13(14,15)16/h5-7,9,17-18H,4,8H2,1-3H3/b6-5-,11-10-,17-7?. The molecule has 0 aromatic heterocycles. The van der Waals surface area contributed by atoms with Gasteiger partial charge >= 0.3 is 21.6 Å². The normalized spacial score (nSPS) is 13.4. The van der Waals surface area contributed by atoms with E-state index in [0.717, 1.165) is 0 Å². The maximum absolute atomic E-state index is 12.1. The topological polar surface area (TPSA) is 115 Å². The van der Waals surface area contributed by atoms with Gasteiger partial charge in [0.05, 0.1) is 13.2 Å². The fraction of sp³-hybridized carbons (Fsp3) is 0.538. The van der Waals surface area contributed by atoms with Crippen molar-refractivity contribution >= 4 is 22.3 Å². The summed E-state index contributed by atoms with van der Waals surface area (Å²) in [5, 5.41) is 9.50. The van der Waals surface area contributed by atoms with Crippen LogP contribution in [0.15, 0.2) is 23.9 Å². The first-order valence-electron chi connectivity index (χ1n) is 6.92. The van der Waals surface area contributed by atoms with Gasteiger partial charge < -0.3 is 24.4 Å². The quantitative estimate of drug-likeness (QED) is 0.147. The summed E-state index contributed by atoms with van der Waals surface area (Å²) in [4.78, 5) is 11.7. The lowest BCUT2D eigenvalue weighted by atomic mass is 10.2. The molecule has 0 radical (unpaired) electrons. The molecule has 0 fully saturated rings. The average Bonchev–Trinajstić information content (AvgIpc) is 2.47. The van der Waals surface area contributed by atoms with Gasteiger partial charge in [-0.05, 0) is 12.8 Å². The third kappa shape index (κ3) is 7.92. The summed E-state index contributed by atoms with van der Waals surface area (Å²) in [5.41, 5.74) is -5.92. The summed E-state index contributed by atoms with van der Waals surface area (Å²) in [6, 6.07) is 0. The van der Waals surface area contributed by atoms with Gasteiger partial charge in [0.25, 0.3) is 0 Å². The molecule has 0 unspecified atom stereocenters. The second-order valence-corrected chi connectivity index (χ2v) is 6.32. The van der Waals surface area contributed by atoms with Crippen molar-refractivity contribution in [2.75, 3.05) is 13.2 Å². The second kappa shape index (κ2) is 9.91. The van der Waals surface area contributed by atoms with Crippen molar-refractivity contribution in [2.24, 2.45) is 5.92 Å². The third-order valence-electron chi connectivity index (χ3n) is 2.19. The molecule has 12 heteroatoms. The molecule has 144 valence electrons. The number of ether oxygens (including phenoxy) is 2. The Morgan fingerprint density at radius 1 is 1.28 bits per heavy atom. The molecule has 0 aliphatic rings. The van der Waals surface area contributed by atoms with Crippen LogP contribution in [-0.4, -0.2) is 39.3 Å². The largest absolute Gasteiger partial charge is 0.534 e. The van der Waals surface area contributed by atoms with E-state index in [-0.39, 0.29) is 36.8 Å². The molecule has 0 aliphatic carbocycles. The Kier molecular flexibility index (Phi) is 9.02. The van der Waals surface area contributed by atoms with Crippen LogP contribution in [0.2, 0.25) is 0 Å². The van der Waals surface area contributed by atoms with E-state index >= 15 is 0 Å². The number of carbonyl (C=O) groups excluding carboxylic acids is 1. The SMILES string of the molecule is CCOC(=O)/C(C=N)=C(/N/C=C\OS(=O)(=O)C(F)(F)F)OCC(C)C. The van der Waals surface area contributed by atoms with Crippen molar-refractivity contribution < 1.29 is 40.0 Å². The molecule has 2 N–H and O–H groups in total. The third-order valence-corrected chi connectivity index (χ3v) is 3.12. The fourth-order valence-corrected chi connectivity index (χ4v) is 1.45. The van der Waals surface area contributed by atoms with E-state index in [4.69, 9.17) is 14.9 Å². The average molecular weight is 388 g/mol. The van der Waals surface area contributed by atoms with Gasteiger partial charge in [-0.3, -0.25) is 0 Å². The Morgan fingerprint density at radius 2 is 1.88 bits per heavy atom. The van der Waals surface area contributed by atoms with E-state index in [1.54, 1.807) is 13.8 Å². The van der Waals surface area contributed by atoms with Crippen molar-refractivity contribution in [3.05, 3.63) is 23.9 Å². The van der Waals surface area contributed by atoms with Gasteiger partial charge in [0.1, 0.15) is 11.8 Å². The summed E-state index contributed by atoms with van der Waals surface area (Å²) in [7, 11) is -5.79. The van der Waals surface area contributed by atoms with Gasteiger partial charge in [-0.25, -0.2) is 4.79 Å². The van der Waals surface area contributed by atoms with E-state index in [0.29, 0.717) is 12.4 Å². The molecule has 0 saturated carbocycles. The van der Waals surface area contributed by atoms with Crippen molar-refractivity contribution in [2.45, 2.75) is 26.3 Å². The predicted molar refractivity (Wildman–Crippen MR) is 81.6 cm³/mol. The number of carbonyl (C=O) groups is 1. The molecule has 0 saturated heterocycles. The zero-order chi connectivity index (χ0) is 19.7. The molecular weight excluding hydrogens is 369 g/mol. The van der Waals surface area contributed by atoms with E-state index in [9.17, 15) is 26.4 Å². The van der Waals surface area contributed by atoms with Gasteiger partial charge in [-0.15, -0.1) is 0 Å². The monoisotopic (exact) mass is 388 g/mol. The maximum atomic E-state index is 12.1. The molecule has 0 heterocycles. The number of halogens is 3. The molecule has 0 bridgehead atoms. The minimum Gasteiger partial charge on any atom is -0.478 e. The van der Waals surface area contributed by atoms with Gasteiger partial charge in [0.2, 0.25) is 5.88 Å². The molecule has 0 amide bonds. The van der Waals surface area contributed by atoms with Crippen LogP contribution in [0.1, 0.15) is 20.8 Å². The van der Waals surface area contributed by atoms with Crippen LogP contribution in [0.3, 0.4) is 0 Å². The highest BCUT2D eigenvalue weighted by atomic mass is 32.2. The van der Waals surface area contributed by atoms with Gasteiger partial charge in [0, 0.05) is 12.4 Å². The minimum atomic E-state index is -5.79. The molecule has 25 heavy (non-hydrogen) atoms. The van der Waals surface area contributed by atoms with Crippen LogP contribution in [0.25, 0.3) is 0 Å². The lowest BCUT2D eigenvalue weighted by Crippen LogP contribution is -2.24. The second-order valence-electron chi connectivity index (χ2n) is 4.76. The Bertz CT molecular complexity index is 626. The molecule has 0 atom stereocenters. The molecule has 8 nitrogen and oxygen atoms in total.